The molecule has 0 unspecified atom stereocenters. The summed E-state index contributed by atoms with van der Waals surface area (Å²) in [5.74, 6) is -0.831. The molecule has 3 aromatic rings. The molecule has 0 aliphatic heterocycles. The van der Waals surface area contributed by atoms with Crippen LogP contribution in [0.1, 0.15) is 15.9 Å². The number of nitrogens with one attached hydrogen (secondary N) is 1. The number of phenolic OH excluding ortho intramolecular Hbond substituents is 1. The lowest BCUT2D eigenvalue weighted by atomic mass is 10.1. The molecule has 140 valence electrons. The first-order valence-electron chi connectivity index (χ1n) is 7.72. The Morgan fingerprint density at radius 1 is 1.19 bits per heavy atom. The Bertz CT molecular complexity index is 1180. The summed E-state index contributed by atoms with van der Waals surface area (Å²) >= 11 is 0. The molecular weight excluding hydrogens is 374 g/mol. The summed E-state index contributed by atoms with van der Waals surface area (Å²) in [5, 5.41) is 10.0. The molecule has 0 aliphatic carbocycles. The molecule has 3 rings (SSSR count). The number of carbonyl (C=O) groups is 1. The zero-order valence-electron chi connectivity index (χ0n) is 14.1. The molecule has 0 bridgehead atoms. The van der Waals surface area contributed by atoms with Gasteiger partial charge < -0.3 is 14.3 Å². The minimum Gasteiger partial charge on any atom is -0.508 e. The molecule has 2 N–H and O–H groups in total. The van der Waals surface area contributed by atoms with Gasteiger partial charge in [-0.05, 0) is 24.3 Å². The van der Waals surface area contributed by atoms with Gasteiger partial charge in [-0.1, -0.05) is 12.1 Å². The topological polar surface area (TPSA) is 123 Å². The summed E-state index contributed by atoms with van der Waals surface area (Å²) in [6.45, 7) is -0.237. The van der Waals surface area contributed by atoms with Crippen LogP contribution in [0.3, 0.4) is 0 Å². The van der Waals surface area contributed by atoms with E-state index in [9.17, 15) is 23.1 Å². The number of hydrogen-bond donors (Lipinski definition) is 2. The number of hydrogen-bond acceptors (Lipinski definition) is 7. The minimum absolute atomic E-state index is 0.0350. The van der Waals surface area contributed by atoms with Crippen LogP contribution in [0.15, 0.2) is 57.7 Å². The molecule has 1 aromatic heterocycles. The Kier molecular flexibility index (Phi) is 4.87. The van der Waals surface area contributed by atoms with Crippen molar-refractivity contribution in [3.05, 3.63) is 70.1 Å². The normalized spacial score (nSPS) is 11.3. The van der Waals surface area contributed by atoms with Crippen LogP contribution in [0.4, 0.5) is 5.69 Å². The van der Waals surface area contributed by atoms with Crippen molar-refractivity contribution < 1.29 is 27.5 Å². The number of rotatable bonds is 5. The Morgan fingerprint density at radius 2 is 1.93 bits per heavy atom. The van der Waals surface area contributed by atoms with Crippen molar-refractivity contribution in [3.8, 4) is 5.75 Å². The Morgan fingerprint density at radius 3 is 2.67 bits per heavy atom. The molecule has 1 heterocycles. The van der Waals surface area contributed by atoms with Crippen molar-refractivity contribution in [2.75, 3.05) is 11.0 Å². The van der Waals surface area contributed by atoms with Gasteiger partial charge in [0.05, 0.1) is 17.5 Å². The number of ether oxygens (including phenoxy) is 1. The highest BCUT2D eigenvalue weighted by Gasteiger charge is 2.16. The summed E-state index contributed by atoms with van der Waals surface area (Å²) < 4.78 is 35.4. The maximum absolute atomic E-state index is 12.4. The fourth-order valence-electron chi connectivity index (χ4n) is 2.51. The van der Waals surface area contributed by atoms with Gasteiger partial charge in [-0.15, -0.1) is 0 Å². The summed E-state index contributed by atoms with van der Waals surface area (Å²) in [4.78, 5) is 24.1. The van der Waals surface area contributed by atoms with Gasteiger partial charge in [-0.3, -0.25) is 4.72 Å². The molecule has 0 saturated carbocycles. The summed E-state index contributed by atoms with van der Waals surface area (Å²) in [6.07, 6.45) is 0.972. The van der Waals surface area contributed by atoms with Crippen LogP contribution in [0, 0.1) is 0 Å². The van der Waals surface area contributed by atoms with Gasteiger partial charge in [0, 0.05) is 23.1 Å². The van der Waals surface area contributed by atoms with Gasteiger partial charge in [0.25, 0.3) is 0 Å². The third-order valence-electron chi connectivity index (χ3n) is 3.61. The lowest BCUT2D eigenvalue weighted by Crippen LogP contribution is -2.15. The number of carbonyl (C=O) groups excluding carboxylic acids is 1. The highest BCUT2D eigenvalue weighted by Crippen LogP contribution is 2.23. The zero-order chi connectivity index (χ0) is 19.6. The molecule has 0 spiro atoms. The van der Waals surface area contributed by atoms with Crippen LogP contribution >= 0.6 is 0 Å². The summed E-state index contributed by atoms with van der Waals surface area (Å²) in [7, 11) is -3.57. The summed E-state index contributed by atoms with van der Waals surface area (Å²) in [5.41, 5.74) is 0.0225. The fourth-order valence-corrected chi connectivity index (χ4v) is 3.09. The van der Waals surface area contributed by atoms with E-state index in [1.54, 1.807) is 12.1 Å². The van der Waals surface area contributed by atoms with Crippen LogP contribution in [-0.4, -0.2) is 25.7 Å². The molecule has 27 heavy (non-hydrogen) atoms. The Hall–Kier alpha value is -3.33. The average molecular weight is 389 g/mol. The van der Waals surface area contributed by atoms with Crippen LogP contribution in [0.25, 0.3) is 11.0 Å². The fraction of sp³-hybridized carbons (Fsp3) is 0.111. The molecule has 2 aromatic carbocycles. The maximum Gasteiger partial charge on any atom is 0.340 e. The Labute approximate surface area is 154 Å². The van der Waals surface area contributed by atoms with E-state index in [4.69, 9.17) is 9.15 Å². The number of benzene rings is 2. The van der Waals surface area contributed by atoms with Gasteiger partial charge in [-0.25, -0.2) is 18.0 Å². The van der Waals surface area contributed by atoms with Crippen LogP contribution in [0.2, 0.25) is 0 Å². The zero-order valence-corrected chi connectivity index (χ0v) is 14.9. The number of fused-ring (bicyclic) bond motifs is 1. The number of phenols is 1. The maximum atomic E-state index is 12.4. The Balaban J connectivity index is 1.87. The third kappa shape index (κ3) is 4.45. The highest BCUT2D eigenvalue weighted by molar-refractivity contribution is 7.92. The molecule has 0 fully saturated rings. The number of esters is 1. The standard InChI is InChI=1S/C18H15NO7S/c1-27(23,24)19-15-5-3-2-4-14(15)18(22)25-10-11-8-17(21)26-16-9-12(20)6-7-13(11)16/h2-9,19-20H,10H2,1H3. The highest BCUT2D eigenvalue weighted by atomic mass is 32.2. The van der Waals surface area contributed by atoms with E-state index in [-0.39, 0.29) is 29.2 Å². The quantitative estimate of drug-likeness (QED) is 0.507. The molecule has 0 radical (unpaired) electrons. The van der Waals surface area contributed by atoms with E-state index in [1.165, 1.54) is 36.4 Å². The number of aromatic hydroxyl groups is 1. The SMILES string of the molecule is CS(=O)(=O)Nc1ccccc1C(=O)OCc1cc(=O)oc2cc(O)ccc12. The molecule has 0 amide bonds. The van der Waals surface area contributed by atoms with Gasteiger partial charge >= 0.3 is 11.6 Å². The summed E-state index contributed by atoms with van der Waals surface area (Å²) in [6, 6.07) is 11.4. The van der Waals surface area contributed by atoms with E-state index in [2.05, 4.69) is 4.72 Å². The van der Waals surface area contributed by atoms with Crippen molar-refractivity contribution in [1.29, 1.82) is 0 Å². The van der Waals surface area contributed by atoms with Crippen molar-refractivity contribution in [2.45, 2.75) is 6.61 Å². The van der Waals surface area contributed by atoms with E-state index < -0.39 is 21.6 Å². The van der Waals surface area contributed by atoms with E-state index in [0.29, 0.717) is 10.9 Å². The van der Waals surface area contributed by atoms with Crippen molar-refractivity contribution in [3.63, 3.8) is 0 Å². The second-order valence-electron chi connectivity index (χ2n) is 5.77. The predicted octanol–water partition coefficient (Wildman–Crippen LogP) is 2.23. The number of sulfonamides is 1. The number of anilines is 1. The minimum atomic E-state index is -3.57. The van der Waals surface area contributed by atoms with Gasteiger partial charge in [0.15, 0.2) is 0 Å². The molecule has 0 aliphatic rings. The first kappa shape index (κ1) is 18.5. The van der Waals surface area contributed by atoms with Crippen LogP contribution in [0.5, 0.6) is 5.75 Å². The van der Waals surface area contributed by atoms with Crippen LogP contribution in [-0.2, 0) is 21.4 Å². The molecule has 0 atom stereocenters. The van der Waals surface area contributed by atoms with Gasteiger partial charge in [0.2, 0.25) is 10.0 Å². The monoisotopic (exact) mass is 389 g/mol. The second-order valence-corrected chi connectivity index (χ2v) is 7.52. The first-order valence-corrected chi connectivity index (χ1v) is 9.62. The van der Waals surface area contributed by atoms with E-state index >= 15 is 0 Å². The van der Waals surface area contributed by atoms with Crippen molar-refractivity contribution >= 4 is 32.6 Å². The van der Waals surface area contributed by atoms with E-state index in [1.807, 2.05) is 0 Å². The van der Waals surface area contributed by atoms with Crippen molar-refractivity contribution in [2.24, 2.45) is 0 Å². The van der Waals surface area contributed by atoms with Crippen molar-refractivity contribution in [1.82, 2.24) is 0 Å². The van der Waals surface area contributed by atoms with E-state index in [0.717, 1.165) is 6.26 Å². The molecular formula is C18H15NO7S. The number of para-hydroxylation sites is 1. The lowest BCUT2D eigenvalue weighted by Gasteiger charge is -2.11. The van der Waals surface area contributed by atoms with Gasteiger partial charge in [0.1, 0.15) is 17.9 Å². The second kappa shape index (κ2) is 7.12. The molecule has 8 nitrogen and oxygen atoms in total. The smallest absolute Gasteiger partial charge is 0.340 e. The largest absolute Gasteiger partial charge is 0.508 e. The molecule has 0 saturated heterocycles. The predicted molar refractivity (Wildman–Crippen MR) is 98.2 cm³/mol. The first-order chi connectivity index (χ1) is 12.7. The van der Waals surface area contributed by atoms with Crippen LogP contribution < -0.4 is 10.3 Å². The third-order valence-corrected chi connectivity index (χ3v) is 4.21. The molecule has 9 heteroatoms. The lowest BCUT2D eigenvalue weighted by molar-refractivity contribution is 0.0475. The average Bonchev–Trinajstić information content (AvgIpc) is 2.58. The van der Waals surface area contributed by atoms with Gasteiger partial charge in [-0.2, -0.15) is 0 Å².